The van der Waals surface area contributed by atoms with E-state index in [9.17, 15) is 18.0 Å². The van der Waals surface area contributed by atoms with Crippen LogP contribution >= 0.6 is 11.8 Å². The van der Waals surface area contributed by atoms with Gasteiger partial charge in [0, 0.05) is 24.6 Å². The van der Waals surface area contributed by atoms with Gasteiger partial charge in [0.2, 0.25) is 5.91 Å². The zero-order valence-electron chi connectivity index (χ0n) is 15.9. The number of halogens is 3. The molecule has 2 N–H and O–H groups in total. The lowest BCUT2D eigenvalue weighted by atomic mass is 10.2. The summed E-state index contributed by atoms with van der Waals surface area (Å²) in [6.07, 6.45) is -4.11. The van der Waals surface area contributed by atoms with Gasteiger partial charge in [-0.25, -0.2) is 0 Å². The fourth-order valence-corrected chi connectivity index (χ4v) is 3.55. The summed E-state index contributed by atoms with van der Waals surface area (Å²) in [4.78, 5) is 11.1. The molecule has 1 unspecified atom stereocenters. The molecule has 1 aromatic carbocycles. The van der Waals surface area contributed by atoms with Crippen LogP contribution in [0, 0.1) is 5.92 Å². The van der Waals surface area contributed by atoms with Crippen molar-refractivity contribution in [1.29, 1.82) is 0 Å². The summed E-state index contributed by atoms with van der Waals surface area (Å²) in [5.41, 5.74) is 6.05. The van der Waals surface area contributed by atoms with E-state index >= 15 is 0 Å². The lowest BCUT2D eigenvalue weighted by Gasteiger charge is -2.16. The lowest BCUT2D eigenvalue weighted by molar-refractivity contribution is -0.274. The average molecular weight is 416 g/mol. The third-order valence-corrected chi connectivity index (χ3v) is 4.94. The molecule has 1 aromatic heterocycles. The summed E-state index contributed by atoms with van der Waals surface area (Å²) in [6.45, 7) is 6.75. The summed E-state index contributed by atoms with van der Waals surface area (Å²) in [5, 5.41) is 9.03. The average Bonchev–Trinajstić information content (AvgIpc) is 2.93. The maximum Gasteiger partial charge on any atom is 0.573 e. The van der Waals surface area contributed by atoms with Crippen molar-refractivity contribution in [2.75, 3.05) is 0 Å². The van der Waals surface area contributed by atoms with Gasteiger partial charge in [-0.3, -0.25) is 4.79 Å². The zero-order valence-corrected chi connectivity index (χ0v) is 16.7. The number of thioether (sulfide) groups is 1. The van der Waals surface area contributed by atoms with Crippen LogP contribution in [0.25, 0.3) is 0 Å². The number of nitrogens with two attached hydrogens (primary N) is 1. The van der Waals surface area contributed by atoms with E-state index in [4.69, 9.17) is 5.73 Å². The van der Waals surface area contributed by atoms with Crippen LogP contribution in [0.5, 0.6) is 5.75 Å². The molecule has 0 fully saturated rings. The lowest BCUT2D eigenvalue weighted by Crippen LogP contribution is -2.17. The summed E-state index contributed by atoms with van der Waals surface area (Å²) < 4.78 is 42.7. The van der Waals surface area contributed by atoms with E-state index in [1.807, 2.05) is 11.5 Å². The quantitative estimate of drug-likeness (QED) is 0.622. The smallest absolute Gasteiger partial charge is 0.406 e. The molecule has 0 bridgehead atoms. The van der Waals surface area contributed by atoms with E-state index in [0.29, 0.717) is 29.9 Å². The van der Waals surface area contributed by atoms with Crippen LogP contribution in [0.1, 0.15) is 43.8 Å². The van der Waals surface area contributed by atoms with Gasteiger partial charge in [0.25, 0.3) is 0 Å². The number of amides is 1. The summed E-state index contributed by atoms with van der Waals surface area (Å²) in [6, 6.07) is 5.76. The molecule has 6 nitrogen and oxygen atoms in total. The predicted molar refractivity (Wildman–Crippen MR) is 99.8 cm³/mol. The summed E-state index contributed by atoms with van der Waals surface area (Å²) in [5.74, 6) is 0.376. The van der Waals surface area contributed by atoms with Gasteiger partial charge in [-0.1, -0.05) is 37.7 Å². The number of benzene rings is 1. The van der Waals surface area contributed by atoms with Crippen molar-refractivity contribution in [3.63, 3.8) is 0 Å². The van der Waals surface area contributed by atoms with Crippen molar-refractivity contribution in [3.8, 4) is 5.75 Å². The zero-order chi connectivity index (χ0) is 20.9. The molecule has 0 aliphatic heterocycles. The van der Waals surface area contributed by atoms with Crippen molar-refractivity contribution < 1.29 is 22.7 Å². The van der Waals surface area contributed by atoms with E-state index in [1.54, 1.807) is 12.1 Å². The molecule has 1 amide bonds. The molecular weight excluding hydrogens is 393 g/mol. The summed E-state index contributed by atoms with van der Waals surface area (Å²) in [7, 11) is 0. The molecule has 0 radical (unpaired) electrons. The van der Waals surface area contributed by atoms with E-state index in [-0.39, 0.29) is 17.4 Å². The largest absolute Gasteiger partial charge is 0.573 e. The Kier molecular flexibility index (Phi) is 7.34. The standard InChI is InChI=1S/C18H23F3N4O2S/c1-11(2)10-25-16(9-8-15(22)26)23-24-17(25)28-12(3)13-4-6-14(7-5-13)27-18(19,20)21/h4-7,11-12H,8-10H2,1-3H3,(H2,22,26). The second-order valence-electron chi connectivity index (χ2n) is 6.75. The molecule has 10 heteroatoms. The van der Waals surface area contributed by atoms with Gasteiger partial charge in [-0.15, -0.1) is 23.4 Å². The second-order valence-corrected chi connectivity index (χ2v) is 8.05. The molecule has 0 aliphatic carbocycles. The maximum absolute atomic E-state index is 12.3. The molecule has 0 saturated heterocycles. The molecule has 1 atom stereocenters. The molecule has 0 spiro atoms. The number of primary amides is 1. The van der Waals surface area contributed by atoms with Gasteiger partial charge in [0.05, 0.1) is 0 Å². The van der Waals surface area contributed by atoms with Crippen molar-refractivity contribution in [3.05, 3.63) is 35.7 Å². The predicted octanol–water partition coefficient (Wildman–Crippen LogP) is 4.10. The highest BCUT2D eigenvalue weighted by Gasteiger charge is 2.31. The Bertz CT molecular complexity index is 791. The fourth-order valence-electron chi connectivity index (χ4n) is 2.54. The van der Waals surface area contributed by atoms with Crippen LogP contribution in [0.3, 0.4) is 0 Å². The van der Waals surface area contributed by atoms with Crippen LogP contribution < -0.4 is 10.5 Å². The van der Waals surface area contributed by atoms with Gasteiger partial charge in [-0.05, 0) is 30.5 Å². The molecule has 0 aliphatic rings. The van der Waals surface area contributed by atoms with Crippen molar-refractivity contribution in [2.45, 2.75) is 56.9 Å². The Labute approximate surface area is 165 Å². The number of aryl methyl sites for hydroxylation is 1. The normalized spacial score (nSPS) is 13.0. The van der Waals surface area contributed by atoms with E-state index in [1.165, 1.54) is 23.9 Å². The second kappa shape index (κ2) is 9.31. The minimum absolute atomic E-state index is 0.0703. The molecule has 1 heterocycles. The molecule has 2 aromatic rings. The first-order valence-corrected chi connectivity index (χ1v) is 9.66. The van der Waals surface area contributed by atoms with E-state index in [0.717, 1.165) is 5.56 Å². The molecule has 154 valence electrons. The highest BCUT2D eigenvalue weighted by molar-refractivity contribution is 7.99. The highest BCUT2D eigenvalue weighted by Crippen LogP contribution is 2.35. The molecule has 28 heavy (non-hydrogen) atoms. The number of hydrogen-bond acceptors (Lipinski definition) is 5. The molecule has 0 saturated carbocycles. The first-order valence-electron chi connectivity index (χ1n) is 8.78. The molecular formula is C18H23F3N4O2S. The Hall–Kier alpha value is -2.23. The number of carbonyl (C=O) groups is 1. The minimum atomic E-state index is -4.71. The Balaban J connectivity index is 2.13. The number of hydrogen-bond donors (Lipinski definition) is 1. The highest BCUT2D eigenvalue weighted by atomic mass is 32.2. The third kappa shape index (κ3) is 6.74. The SMILES string of the molecule is CC(C)Cn1c(CCC(N)=O)nnc1SC(C)c1ccc(OC(F)(F)F)cc1. The number of alkyl halides is 3. The van der Waals surface area contributed by atoms with Gasteiger partial charge in [-0.2, -0.15) is 0 Å². The van der Waals surface area contributed by atoms with E-state index < -0.39 is 12.3 Å². The van der Waals surface area contributed by atoms with Crippen molar-refractivity contribution in [2.24, 2.45) is 11.7 Å². The fraction of sp³-hybridized carbons (Fsp3) is 0.500. The van der Waals surface area contributed by atoms with Crippen LogP contribution in [0.4, 0.5) is 13.2 Å². The number of carbonyl (C=O) groups excluding carboxylic acids is 1. The van der Waals surface area contributed by atoms with Crippen LogP contribution in [0.15, 0.2) is 29.4 Å². The molecule has 2 rings (SSSR count). The van der Waals surface area contributed by atoms with E-state index in [2.05, 4.69) is 28.8 Å². The van der Waals surface area contributed by atoms with Gasteiger partial charge >= 0.3 is 6.36 Å². The summed E-state index contributed by atoms with van der Waals surface area (Å²) >= 11 is 1.45. The minimum Gasteiger partial charge on any atom is -0.406 e. The van der Waals surface area contributed by atoms with Gasteiger partial charge in [0.15, 0.2) is 5.16 Å². The number of rotatable bonds is 9. The monoisotopic (exact) mass is 416 g/mol. The van der Waals surface area contributed by atoms with Crippen LogP contribution in [-0.2, 0) is 17.8 Å². The number of ether oxygens (including phenoxy) is 1. The Morgan fingerprint density at radius 2 is 1.86 bits per heavy atom. The Morgan fingerprint density at radius 1 is 1.21 bits per heavy atom. The van der Waals surface area contributed by atoms with Crippen LogP contribution in [-0.4, -0.2) is 27.0 Å². The first-order chi connectivity index (χ1) is 13.0. The third-order valence-electron chi connectivity index (χ3n) is 3.80. The first kappa shape index (κ1) is 22.1. The number of aromatic nitrogens is 3. The topological polar surface area (TPSA) is 83.0 Å². The van der Waals surface area contributed by atoms with Crippen LogP contribution in [0.2, 0.25) is 0 Å². The van der Waals surface area contributed by atoms with Gasteiger partial charge < -0.3 is 15.0 Å². The van der Waals surface area contributed by atoms with Gasteiger partial charge in [0.1, 0.15) is 11.6 Å². The Morgan fingerprint density at radius 3 is 2.39 bits per heavy atom. The maximum atomic E-state index is 12.3. The number of nitrogens with zero attached hydrogens (tertiary/aromatic N) is 3. The van der Waals surface area contributed by atoms with Crippen molar-refractivity contribution in [1.82, 2.24) is 14.8 Å². The van der Waals surface area contributed by atoms with Crippen molar-refractivity contribution >= 4 is 17.7 Å².